The lowest BCUT2D eigenvalue weighted by Crippen LogP contribution is -2.35. The van der Waals surface area contributed by atoms with Crippen molar-refractivity contribution < 1.29 is 22.7 Å². The van der Waals surface area contributed by atoms with Gasteiger partial charge < -0.3 is 10.1 Å². The van der Waals surface area contributed by atoms with Gasteiger partial charge in [-0.3, -0.25) is 0 Å². The maximum atomic E-state index is 13.5. The number of allylic oxidation sites excluding steroid dienone is 1. The summed E-state index contributed by atoms with van der Waals surface area (Å²) in [5, 5.41) is 12.7. The molecular formula is C14H12F3N5O2. The average Bonchev–Trinajstić information content (AvgIpc) is 3.01. The monoisotopic (exact) mass is 339 g/mol. The molecule has 10 heteroatoms. The molecule has 126 valence electrons. The van der Waals surface area contributed by atoms with Crippen molar-refractivity contribution in [2.45, 2.75) is 19.1 Å². The Morgan fingerprint density at radius 1 is 1.33 bits per heavy atom. The number of hydrogen-bond donors (Lipinski definition) is 1. The number of halogens is 3. The minimum atomic E-state index is -4.80. The summed E-state index contributed by atoms with van der Waals surface area (Å²) in [5.41, 5.74) is -1.38. The van der Waals surface area contributed by atoms with Crippen LogP contribution in [0.2, 0.25) is 0 Å². The van der Waals surface area contributed by atoms with E-state index in [1.165, 1.54) is 6.92 Å². The molecule has 1 unspecified atom stereocenters. The minimum Gasteiger partial charge on any atom is -0.463 e. The Labute approximate surface area is 134 Å². The number of alkyl halides is 3. The Hall–Kier alpha value is -2.91. The Morgan fingerprint density at radius 3 is 2.67 bits per heavy atom. The number of rotatable bonds is 3. The number of ether oxygens (including phenoxy) is 1. The fourth-order valence-electron chi connectivity index (χ4n) is 2.48. The molecule has 7 nitrogen and oxygen atoms in total. The molecule has 1 N–H and O–H groups in total. The number of nitrogens with zero attached hydrogens (tertiary/aromatic N) is 4. The summed E-state index contributed by atoms with van der Waals surface area (Å²) >= 11 is 0. The van der Waals surface area contributed by atoms with E-state index in [1.807, 2.05) is 0 Å². The summed E-state index contributed by atoms with van der Waals surface area (Å²) in [6.07, 6.45) is -4.80. The van der Waals surface area contributed by atoms with Gasteiger partial charge in [-0.25, -0.2) is 4.79 Å². The molecule has 1 aromatic carbocycles. The van der Waals surface area contributed by atoms with Gasteiger partial charge in [-0.2, -0.15) is 17.9 Å². The highest BCUT2D eigenvalue weighted by molar-refractivity contribution is 5.92. The Kier molecular flexibility index (Phi) is 3.96. The molecule has 0 radical (unpaired) electrons. The van der Waals surface area contributed by atoms with E-state index in [0.717, 1.165) is 4.68 Å². The lowest BCUT2D eigenvalue weighted by atomic mass is 9.95. The maximum Gasteiger partial charge on any atom is 0.431 e. The second kappa shape index (κ2) is 5.95. The summed E-state index contributed by atoms with van der Waals surface area (Å²) in [6.45, 7) is 1.46. The zero-order chi connectivity index (χ0) is 17.3. The summed E-state index contributed by atoms with van der Waals surface area (Å²) in [5.74, 6) is -1.28. The molecule has 1 atom stereocenters. The van der Waals surface area contributed by atoms with Crippen molar-refractivity contribution in [1.82, 2.24) is 20.2 Å². The summed E-state index contributed by atoms with van der Waals surface area (Å²) < 4.78 is 46.4. The number of aromatic nitrogens is 4. The molecule has 1 aromatic heterocycles. The van der Waals surface area contributed by atoms with Crippen molar-refractivity contribution in [3.05, 3.63) is 47.2 Å². The van der Waals surface area contributed by atoms with Crippen molar-refractivity contribution in [3.63, 3.8) is 0 Å². The first-order chi connectivity index (χ1) is 11.4. The Bertz CT molecular complexity index is 785. The van der Waals surface area contributed by atoms with Gasteiger partial charge in [0.1, 0.15) is 11.7 Å². The molecular weight excluding hydrogens is 327 g/mol. The number of hydrogen-bond acceptors (Lipinski definition) is 6. The molecule has 24 heavy (non-hydrogen) atoms. The molecule has 1 aliphatic heterocycles. The summed E-state index contributed by atoms with van der Waals surface area (Å²) in [6, 6.07) is 7.05. The van der Waals surface area contributed by atoms with Gasteiger partial charge in [-0.1, -0.05) is 35.4 Å². The van der Waals surface area contributed by atoms with Gasteiger partial charge in [-0.05, 0) is 22.9 Å². The normalized spacial score (nSPS) is 17.2. The van der Waals surface area contributed by atoms with Crippen LogP contribution in [-0.4, -0.2) is 39.0 Å². The van der Waals surface area contributed by atoms with Gasteiger partial charge in [0.05, 0.1) is 12.2 Å². The van der Waals surface area contributed by atoms with E-state index >= 15 is 0 Å². The van der Waals surface area contributed by atoms with Crippen LogP contribution in [0.3, 0.4) is 0 Å². The molecule has 2 heterocycles. The third kappa shape index (κ3) is 2.70. The van der Waals surface area contributed by atoms with E-state index in [0.29, 0.717) is 5.56 Å². The molecule has 2 aromatic rings. The summed E-state index contributed by atoms with van der Waals surface area (Å²) in [4.78, 5) is 12.3. The van der Waals surface area contributed by atoms with Crippen LogP contribution in [0.5, 0.6) is 0 Å². The van der Waals surface area contributed by atoms with E-state index < -0.39 is 29.5 Å². The molecule has 0 saturated carbocycles. The van der Waals surface area contributed by atoms with Crippen molar-refractivity contribution in [1.29, 1.82) is 0 Å². The fourth-order valence-corrected chi connectivity index (χ4v) is 2.48. The number of nitrogens with one attached hydrogen (secondary N) is 1. The van der Waals surface area contributed by atoms with Crippen LogP contribution in [-0.2, 0) is 9.53 Å². The second-order valence-corrected chi connectivity index (χ2v) is 4.89. The largest absolute Gasteiger partial charge is 0.463 e. The lowest BCUT2D eigenvalue weighted by Gasteiger charge is -2.29. The van der Waals surface area contributed by atoms with Crippen LogP contribution in [0, 0.1) is 0 Å². The highest BCUT2D eigenvalue weighted by Crippen LogP contribution is 2.40. The fraction of sp³-hybridized carbons (Fsp3) is 0.286. The van der Waals surface area contributed by atoms with Crippen LogP contribution < -0.4 is 5.32 Å². The molecule has 0 amide bonds. The van der Waals surface area contributed by atoms with Crippen LogP contribution >= 0.6 is 0 Å². The summed E-state index contributed by atoms with van der Waals surface area (Å²) in [7, 11) is 0. The van der Waals surface area contributed by atoms with E-state index in [1.54, 1.807) is 30.3 Å². The van der Waals surface area contributed by atoms with Crippen LogP contribution in [0.25, 0.3) is 0 Å². The first-order valence-electron chi connectivity index (χ1n) is 7.01. The molecule has 0 bridgehead atoms. The van der Waals surface area contributed by atoms with E-state index in [4.69, 9.17) is 4.74 Å². The predicted octanol–water partition coefficient (Wildman–Crippen LogP) is 2.07. The van der Waals surface area contributed by atoms with Crippen LogP contribution in [0.15, 0.2) is 41.6 Å². The van der Waals surface area contributed by atoms with Crippen molar-refractivity contribution in [2.24, 2.45) is 0 Å². The predicted molar refractivity (Wildman–Crippen MR) is 75.7 cm³/mol. The van der Waals surface area contributed by atoms with E-state index in [9.17, 15) is 18.0 Å². The van der Waals surface area contributed by atoms with Gasteiger partial charge >= 0.3 is 12.1 Å². The van der Waals surface area contributed by atoms with Gasteiger partial charge in [-0.15, -0.1) is 0 Å². The van der Waals surface area contributed by atoms with Gasteiger partial charge in [0.25, 0.3) is 0 Å². The van der Waals surface area contributed by atoms with Crippen LogP contribution in [0.1, 0.15) is 18.5 Å². The molecule has 0 aliphatic carbocycles. The van der Waals surface area contributed by atoms with Crippen molar-refractivity contribution >= 4 is 11.9 Å². The molecule has 3 rings (SSSR count). The number of tetrazole rings is 1. The molecule has 0 spiro atoms. The highest BCUT2D eigenvalue weighted by atomic mass is 19.4. The number of anilines is 1. The smallest absolute Gasteiger partial charge is 0.431 e. The van der Waals surface area contributed by atoms with Crippen LogP contribution in [0.4, 0.5) is 19.1 Å². The number of esters is 1. The topological polar surface area (TPSA) is 81.9 Å². The Morgan fingerprint density at radius 2 is 2.04 bits per heavy atom. The maximum absolute atomic E-state index is 13.5. The van der Waals surface area contributed by atoms with E-state index in [-0.39, 0.29) is 12.6 Å². The lowest BCUT2D eigenvalue weighted by molar-refractivity contribution is -0.140. The first-order valence-corrected chi connectivity index (χ1v) is 7.01. The third-order valence-corrected chi connectivity index (χ3v) is 3.41. The van der Waals surface area contributed by atoms with Crippen molar-refractivity contribution in [3.8, 4) is 0 Å². The second-order valence-electron chi connectivity index (χ2n) is 4.89. The molecule has 1 aliphatic rings. The molecule has 0 saturated heterocycles. The van der Waals surface area contributed by atoms with Gasteiger partial charge in [0, 0.05) is 0 Å². The highest BCUT2D eigenvalue weighted by Gasteiger charge is 2.46. The number of benzene rings is 1. The zero-order valence-electron chi connectivity index (χ0n) is 12.4. The quantitative estimate of drug-likeness (QED) is 0.862. The standard InChI is InChI=1S/C14H12F3N5O2/c1-2-24-12(23)9-10(8-6-4-3-5-7-8)22-13(19-20-21-22)18-11(9)14(15,16)17/h3-7,10H,2H2,1H3,(H,18,19,21). The first kappa shape index (κ1) is 16.0. The zero-order valence-corrected chi connectivity index (χ0v) is 12.4. The average molecular weight is 339 g/mol. The SMILES string of the molecule is CCOC(=O)C1=C(C(F)(F)F)Nc2nnnn2C1c1ccccc1. The van der Waals surface area contributed by atoms with Gasteiger partial charge in [0.15, 0.2) is 0 Å². The number of carbonyl (C=O) groups is 1. The Balaban J connectivity index is 2.24. The number of fused-ring (bicyclic) bond motifs is 1. The minimum absolute atomic E-state index is 0.0581. The number of carbonyl (C=O) groups excluding carboxylic acids is 1. The van der Waals surface area contributed by atoms with Crippen molar-refractivity contribution in [2.75, 3.05) is 11.9 Å². The van der Waals surface area contributed by atoms with E-state index in [2.05, 4.69) is 20.8 Å². The molecule has 0 fully saturated rings. The van der Waals surface area contributed by atoms with Gasteiger partial charge in [0.2, 0.25) is 5.95 Å². The third-order valence-electron chi connectivity index (χ3n) is 3.41.